The van der Waals surface area contributed by atoms with Crippen LogP contribution in [0.3, 0.4) is 0 Å². The van der Waals surface area contributed by atoms with Gasteiger partial charge in [-0.25, -0.2) is 0 Å². The molecule has 1 fully saturated rings. The molecule has 2 rings (SSSR count). The van der Waals surface area contributed by atoms with Gasteiger partial charge in [-0.3, -0.25) is 4.99 Å². The predicted octanol–water partition coefficient (Wildman–Crippen LogP) is 0.379. The summed E-state index contributed by atoms with van der Waals surface area (Å²) in [6.45, 7) is 4.15. The lowest BCUT2D eigenvalue weighted by atomic mass is 10.4. The van der Waals surface area contributed by atoms with Crippen LogP contribution in [0.2, 0.25) is 0 Å². The van der Waals surface area contributed by atoms with E-state index in [1.165, 1.54) is 0 Å². The van der Waals surface area contributed by atoms with Crippen molar-refractivity contribution in [1.29, 1.82) is 0 Å². The fourth-order valence-corrected chi connectivity index (χ4v) is 2.52. The Morgan fingerprint density at radius 2 is 2.43 bits per heavy atom. The van der Waals surface area contributed by atoms with E-state index in [0.717, 1.165) is 44.2 Å². The van der Waals surface area contributed by atoms with Crippen molar-refractivity contribution < 1.29 is 9.53 Å². The van der Waals surface area contributed by atoms with E-state index < -0.39 is 0 Å². The first-order valence-corrected chi connectivity index (χ1v) is 5.77. The molecule has 0 aliphatic carbocycles. The van der Waals surface area contributed by atoms with Gasteiger partial charge in [-0.05, 0) is 6.42 Å². The third-order valence-electron chi connectivity index (χ3n) is 2.31. The number of carbonyl (C=O) groups is 1. The van der Waals surface area contributed by atoms with Crippen molar-refractivity contribution in [3.05, 3.63) is 0 Å². The van der Waals surface area contributed by atoms with Crippen molar-refractivity contribution in [3.63, 3.8) is 0 Å². The molecule has 1 atom stereocenters. The van der Waals surface area contributed by atoms with Gasteiger partial charge in [0.25, 0.3) is 0 Å². The summed E-state index contributed by atoms with van der Waals surface area (Å²) < 4.78 is 5.36. The van der Waals surface area contributed by atoms with Gasteiger partial charge < -0.3 is 14.4 Å². The van der Waals surface area contributed by atoms with Gasteiger partial charge in [-0.1, -0.05) is 11.8 Å². The van der Waals surface area contributed by atoms with Crippen LogP contribution < -0.4 is 0 Å². The SMILES string of the molecule is O=CC1CN=C(N2CCCOCC2)S1. The smallest absolute Gasteiger partial charge is 0.160 e. The summed E-state index contributed by atoms with van der Waals surface area (Å²) in [7, 11) is 0. The molecule has 5 heteroatoms. The fourth-order valence-electron chi connectivity index (χ4n) is 1.56. The molecule has 0 saturated carbocycles. The van der Waals surface area contributed by atoms with Gasteiger partial charge in [-0.2, -0.15) is 0 Å². The summed E-state index contributed by atoms with van der Waals surface area (Å²) in [6.07, 6.45) is 2.03. The first-order valence-electron chi connectivity index (χ1n) is 4.89. The lowest BCUT2D eigenvalue weighted by Gasteiger charge is -2.20. The molecular weight excluding hydrogens is 200 g/mol. The van der Waals surface area contributed by atoms with Crippen molar-refractivity contribution in [3.8, 4) is 0 Å². The highest BCUT2D eigenvalue weighted by atomic mass is 32.2. The van der Waals surface area contributed by atoms with E-state index in [9.17, 15) is 4.79 Å². The Morgan fingerprint density at radius 1 is 1.50 bits per heavy atom. The predicted molar refractivity (Wildman–Crippen MR) is 56.8 cm³/mol. The normalized spacial score (nSPS) is 28.4. The molecule has 2 aliphatic heterocycles. The zero-order chi connectivity index (χ0) is 9.80. The number of aliphatic imine (C=N–C) groups is 1. The summed E-state index contributed by atoms with van der Waals surface area (Å²) in [6, 6.07) is 0. The monoisotopic (exact) mass is 214 g/mol. The number of amidine groups is 1. The van der Waals surface area contributed by atoms with Gasteiger partial charge in [0, 0.05) is 19.7 Å². The molecule has 78 valence electrons. The minimum absolute atomic E-state index is 0.0363. The number of ether oxygens (including phenoxy) is 1. The number of hydrogen-bond donors (Lipinski definition) is 0. The zero-order valence-corrected chi connectivity index (χ0v) is 8.83. The Kier molecular flexibility index (Phi) is 3.42. The highest BCUT2D eigenvalue weighted by Gasteiger charge is 2.23. The van der Waals surface area contributed by atoms with E-state index in [2.05, 4.69) is 9.89 Å². The maximum atomic E-state index is 10.6. The molecule has 0 aromatic carbocycles. The van der Waals surface area contributed by atoms with Crippen LogP contribution in [0.1, 0.15) is 6.42 Å². The Hall–Kier alpha value is -0.550. The molecule has 0 radical (unpaired) electrons. The fraction of sp³-hybridized carbons (Fsp3) is 0.778. The average Bonchev–Trinajstić information content (AvgIpc) is 2.53. The Morgan fingerprint density at radius 3 is 3.21 bits per heavy atom. The largest absolute Gasteiger partial charge is 0.380 e. The molecule has 1 saturated heterocycles. The minimum atomic E-state index is 0.0363. The van der Waals surface area contributed by atoms with Gasteiger partial charge in [0.2, 0.25) is 0 Å². The Labute approximate surface area is 87.7 Å². The van der Waals surface area contributed by atoms with Crippen molar-refractivity contribution in [1.82, 2.24) is 4.90 Å². The number of rotatable bonds is 1. The number of thioether (sulfide) groups is 1. The standard InChI is InChI=1S/C9H14N2O2S/c12-7-8-6-10-9(14-8)11-2-1-4-13-5-3-11/h7-8H,1-6H2. The summed E-state index contributed by atoms with van der Waals surface area (Å²) in [4.78, 5) is 17.2. The van der Waals surface area contributed by atoms with Crippen molar-refractivity contribution in [2.24, 2.45) is 4.99 Å². The van der Waals surface area contributed by atoms with Crippen LogP contribution in [0.25, 0.3) is 0 Å². The van der Waals surface area contributed by atoms with Gasteiger partial charge in [0.1, 0.15) is 6.29 Å². The van der Waals surface area contributed by atoms with Gasteiger partial charge >= 0.3 is 0 Å². The zero-order valence-electron chi connectivity index (χ0n) is 8.02. The highest BCUT2D eigenvalue weighted by molar-refractivity contribution is 8.15. The van der Waals surface area contributed by atoms with E-state index in [-0.39, 0.29) is 5.25 Å². The average molecular weight is 214 g/mol. The van der Waals surface area contributed by atoms with Crippen LogP contribution in [-0.4, -0.2) is 54.5 Å². The van der Waals surface area contributed by atoms with Gasteiger partial charge in [0.05, 0.1) is 18.4 Å². The molecule has 2 heterocycles. The molecule has 0 spiro atoms. The minimum Gasteiger partial charge on any atom is -0.380 e. The molecule has 1 unspecified atom stereocenters. The van der Waals surface area contributed by atoms with E-state index in [1.54, 1.807) is 11.8 Å². The first-order chi connectivity index (χ1) is 6.90. The van der Waals surface area contributed by atoms with E-state index in [4.69, 9.17) is 4.74 Å². The molecule has 14 heavy (non-hydrogen) atoms. The Balaban J connectivity index is 1.91. The van der Waals surface area contributed by atoms with Crippen LogP contribution in [0.15, 0.2) is 4.99 Å². The summed E-state index contributed by atoms with van der Waals surface area (Å²) in [5.74, 6) is 0. The van der Waals surface area contributed by atoms with Crippen LogP contribution in [0, 0.1) is 0 Å². The molecule has 0 amide bonds. The maximum absolute atomic E-state index is 10.6. The Bertz CT molecular complexity index is 237. The van der Waals surface area contributed by atoms with Gasteiger partial charge in [-0.15, -0.1) is 0 Å². The molecule has 0 aromatic rings. The quantitative estimate of drug-likeness (QED) is 0.592. The number of aldehydes is 1. The van der Waals surface area contributed by atoms with E-state index in [1.807, 2.05) is 0 Å². The molecular formula is C9H14N2O2S. The highest BCUT2D eigenvalue weighted by Crippen LogP contribution is 2.22. The molecule has 0 N–H and O–H groups in total. The second kappa shape index (κ2) is 4.79. The van der Waals surface area contributed by atoms with Crippen molar-refractivity contribution >= 4 is 23.2 Å². The van der Waals surface area contributed by atoms with E-state index in [0.29, 0.717) is 6.54 Å². The third-order valence-corrected chi connectivity index (χ3v) is 3.47. The second-order valence-electron chi connectivity index (χ2n) is 3.37. The molecule has 0 bridgehead atoms. The number of nitrogens with zero attached hydrogens (tertiary/aromatic N) is 2. The van der Waals surface area contributed by atoms with Crippen LogP contribution >= 0.6 is 11.8 Å². The third kappa shape index (κ3) is 2.27. The summed E-state index contributed by atoms with van der Waals surface area (Å²) in [5.41, 5.74) is 0. The molecule has 2 aliphatic rings. The van der Waals surface area contributed by atoms with Crippen LogP contribution in [-0.2, 0) is 9.53 Å². The lowest BCUT2D eigenvalue weighted by molar-refractivity contribution is -0.107. The molecule has 4 nitrogen and oxygen atoms in total. The number of hydrogen-bond acceptors (Lipinski definition) is 5. The van der Waals surface area contributed by atoms with Crippen molar-refractivity contribution in [2.75, 3.05) is 32.8 Å². The van der Waals surface area contributed by atoms with Gasteiger partial charge in [0.15, 0.2) is 5.17 Å². The van der Waals surface area contributed by atoms with Crippen LogP contribution in [0.4, 0.5) is 0 Å². The maximum Gasteiger partial charge on any atom is 0.160 e. The number of carbonyl (C=O) groups excluding carboxylic acids is 1. The first kappa shape index (κ1) is 9.98. The van der Waals surface area contributed by atoms with Crippen molar-refractivity contribution in [2.45, 2.75) is 11.7 Å². The van der Waals surface area contributed by atoms with E-state index >= 15 is 0 Å². The summed E-state index contributed by atoms with van der Waals surface area (Å²) in [5, 5.41) is 1.06. The topological polar surface area (TPSA) is 41.9 Å². The second-order valence-corrected chi connectivity index (χ2v) is 4.57. The molecule has 0 aromatic heterocycles. The lowest BCUT2D eigenvalue weighted by Crippen LogP contribution is -2.30. The summed E-state index contributed by atoms with van der Waals surface area (Å²) >= 11 is 1.58. The van der Waals surface area contributed by atoms with Crippen LogP contribution in [0.5, 0.6) is 0 Å².